The lowest BCUT2D eigenvalue weighted by Gasteiger charge is -2.32. The number of aryl methyl sites for hydroxylation is 1. The lowest BCUT2D eigenvalue weighted by Crippen LogP contribution is -2.44. The Balaban J connectivity index is 1.93. The second kappa shape index (κ2) is 8.69. The summed E-state index contributed by atoms with van der Waals surface area (Å²) >= 11 is 0. The minimum Gasteiger partial charge on any atom is -0.478 e. The Morgan fingerprint density at radius 3 is 2.53 bits per heavy atom. The molecule has 1 heterocycles. The van der Waals surface area contributed by atoms with E-state index in [0.29, 0.717) is 11.1 Å². The second-order valence-corrected chi connectivity index (χ2v) is 14.0. The maximum atomic E-state index is 14.5. The van der Waals surface area contributed by atoms with Crippen molar-refractivity contribution in [3.05, 3.63) is 70.5 Å². The molecule has 0 saturated carbocycles. The molecule has 2 N–H and O–H groups in total. The molecule has 0 aromatic heterocycles. The Morgan fingerprint density at radius 1 is 1.27 bits per heavy atom. The fraction of sp³-hybridized carbons (Fsp3) is 0.391. The average Bonchev–Trinajstić information content (AvgIpc) is 3.05. The molecule has 0 bridgehead atoms. The fourth-order valence-electron chi connectivity index (χ4n) is 4.12. The lowest BCUT2D eigenvalue weighted by atomic mass is 10.0. The molecule has 0 aliphatic carbocycles. The Hall–Kier alpha value is -2.51. The Bertz CT molecular complexity index is 963. The number of nitrogens with zero attached hydrogens (tertiary/aromatic N) is 1. The van der Waals surface area contributed by atoms with Crippen LogP contribution < -0.4 is 5.32 Å². The molecule has 1 aliphatic heterocycles. The molecule has 1 amide bonds. The fourth-order valence-corrected chi connectivity index (χ4v) is 6.49. The molecule has 2 atom stereocenters. The van der Waals surface area contributed by atoms with Crippen LogP contribution in [0.4, 0.5) is 4.39 Å². The van der Waals surface area contributed by atoms with Crippen molar-refractivity contribution < 1.29 is 19.1 Å². The van der Waals surface area contributed by atoms with Crippen molar-refractivity contribution in [2.45, 2.75) is 51.6 Å². The molecule has 2 aromatic carbocycles. The van der Waals surface area contributed by atoms with E-state index in [4.69, 9.17) is 0 Å². The van der Waals surface area contributed by atoms with E-state index < -0.39 is 20.1 Å². The number of aromatic carboxylic acids is 1. The van der Waals surface area contributed by atoms with Gasteiger partial charge in [-0.25, -0.2) is 9.18 Å². The minimum atomic E-state index is -1.46. The van der Waals surface area contributed by atoms with Crippen molar-refractivity contribution in [2.75, 3.05) is 6.17 Å². The van der Waals surface area contributed by atoms with Gasteiger partial charge >= 0.3 is 5.97 Å². The number of carbonyl (C=O) groups excluding carboxylic acids is 1. The van der Waals surface area contributed by atoms with E-state index in [0.717, 1.165) is 17.8 Å². The molecule has 0 radical (unpaired) electrons. The molecular formula is C23H29FN2O3Si. The first-order chi connectivity index (χ1) is 14.1. The summed E-state index contributed by atoms with van der Waals surface area (Å²) in [6.07, 6.45) is 0.887. The topological polar surface area (TPSA) is 69.6 Å². The predicted molar refractivity (Wildman–Crippen MR) is 118 cm³/mol. The molecule has 30 heavy (non-hydrogen) atoms. The van der Waals surface area contributed by atoms with Crippen LogP contribution in [0.15, 0.2) is 42.5 Å². The molecule has 2 aromatic rings. The van der Waals surface area contributed by atoms with Gasteiger partial charge in [0, 0.05) is 12.1 Å². The van der Waals surface area contributed by atoms with Gasteiger partial charge in [0.1, 0.15) is 5.82 Å². The van der Waals surface area contributed by atoms with Crippen LogP contribution in [0.2, 0.25) is 19.1 Å². The maximum Gasteiger partial charge on any atom is 0.335 e. The molecule has 5 nitrogen and oxygen atoms in total. The zero-order valence-corrected chi connectivity index (χ0v) is 18.9. The third-order valence-corrected chi connectivity index (χ3v) is 8.54. The molecule has 0 spiro atoms. The monoisotopic (exact) mass is 428 g/mol. The lowest BCUT2D eigenvalue weighted by molar-refractivity contribution is -0.135. The van der Waals surface area contributed by atoms with Gasteiger partial charge in [0.05, 0.1) is 25.7 Å². The summed E-state index contributed by atoms with van der Waals surface area (Å²) in [6, 6.07) is 11.7. The standard InChI is InChI=1S/C23H29FN2O3Si/c1-15-11-17(9-10-18(15)23(28)29)12-26(16(2)19-7-5-6-8-20(19)24)22(27)21-13-30(3,4)14-25-21/h5-11,16,21,25H,12-14H2,1-4H3,(H,28,29)/t16-,21?/m1/s1. The highest BCUT2D eigenvalue weighted by atomic mass is 28.3. The van der Waals surface area contributed by atoms with E-state index in [2.05, 4.69) is 18.4 Å². The Labute approximate surface area is 177 Å². The number of benzene rings is 2. The largest absolute Gasteiger partial charge is 0.478 e. The van der Waals surface area contributed by atoms with Crippen LogP contribution in [-0.4, -0.2) is 42.2 Å². The molecule has 1 saturated heterocycles. The van der Waals surface area contributed by atoms with Gasteiger partial charge in [-0.05, 0) is 49.3 Å². The number of rotatable bonds is 6. The molecule has 3 rings (SSSR count). The van der Waals surface area contributed by atoms with Gasteiger partial charge in [0.2, 0.25) is 5.91 Å². The zero-order chi connectivity index (χ0) is 22.1. The predicted octanol–water partition coefficient (Wildman–Crippen LogP) is 4.14. The molecule has 1 aliphatic rings. The van der Waals surface area contributed by atoms with E-state index >= 15 is 0 Å². The van der Waals surface area contributed by atoms with Crippen LogP contribution in [0.1, 0.15) is 40.0 Å². The highest BCUT2D eigenvalue weighted by molar-refractivity contribution is 6.78. The third-order valence-electron chi connectivity index (χ3n) is 5.86. The molecule has 1 unspecified atom stereocenters. The summed E-state index contributed by atoms with van der Waals surface area (Å²) in [7, 11) is -1.46. The quantitative estimate of drug-likeness (QED) is 0.679. The van der Waals surface area contributed by atoms with Crippen LogP contribution in [0.5, 0.6) is 0 Å². The smallest absolute Gasteiger partial charge is 0.335 e. The highest BCUT2D eigenvalue weighted by Gasteiger charge is 2.39. The van der Waals surface area contributed by atoms with Gasteiger partial charge in [-0.2, -0.15) is 0 Å². The summed E-state index contributed by atoms with van der Waals surface area (Å²) in [6.45, 7) is 8.38. The molecule has 1 fully saturated rings. The Morgan fingerprint density at radius 2 is 1.97 bits per heavy atom. The summed E-state index contributed by atoms with van der Waals surface area (Å²) in [5.74, 6) is -1.35. The van der Waals surface area contributed by atoms with E-state index in [1.807, 2.05) is 6.92 Å². The van der Waals surface area contributed by atoms with Gasteiger partial charge in [-0.15, -0.1) is 0 Å². The summed E-state index contributed by atoms with van der Waals surface area (Å²) in [4.78, 5) is 26.5. The van der Waals surface area contributed by atoms with E-state index in [1.165, 1.54) is 6.07 Å². The SMILES string of the molecule is Cc1cc(CN(C(=O)C2C[Si](C)(C)CN2)[C@H](C)c2ccccc2F)ccc1C(=O)O. The van der Waals surface area contributed by atoms with Crippen molar-refractivity contribution in [1.82, 2.24) is 10.2 Å². The van der Waals surface area contributed by atoms with Gasteiger partial charge in [-0.3, -0.25) is 4.79 Å². The van der Waals surface area contributed by atoms with Crippen LogP contribution in [0, 0.1) is 12.7 Å². The van der Waals surface area contributed by atoms with E-state index in [-0.39, 0.29) is 29.9 Å². The first kappa shape index (κ1) is 22.2. The molecular weight excluding hydrogens is 399 g/mol. The summed E-state index contributed by atoms with van der Waals surface area (Å²) < 4.78 is 14.5. The van der Waals surface area contributed by atoms with Gasteiger partial charge in [0.25, 0.3) is 0 Å². The molecule has 7 heteroatoms. The number of carboxylic acids is 1. The highest BCUT2D eigenvalue weighted by Crippen LogP contribution is 2.29. The second-order valence-electron chi connectivity index (χ2n) is 8.92. The Kier molecular flexibility index (Phi) is 6.43. The number of halogens is 1. The van der Waals surface area contributed by atoms with Crippen LogP contribution in [-0.2, 0) is 11.3 Å². The minimum absolute atomic E-state index is 0.0382. The zero-order valence-electron chi connectivity index (χ0n) is 17.9. The summed E-state index contributed by atoms with van der Waals surface area (Å²) in [5, 5.41) is 12.6. The molecule has 160 valence electrons. The van der Waals surface area contributed by atoms with Gasteiger partial charge in [-0.1, -0.05) is 43.4 Å². The van der Waals surface area contributed by atoms with Gasteiger partial charge < -0.3 is 15.3 Å². The van der Waals surface area contributed by atoms with Crippen LogP contribution in [0.25, 0.3) is 0 Å². The third kappa shape index (κ3) is 4.79. The van der Waals surface area contributed by atoms with Crippen molar-refractivity contribution in [3.63, 3.8) is 0 Å². The van der Waals surface area contributed by atoms with Crippen LogP contribution in [0.3, 0.4) is 0 Å². The normalized spacial score (nSPS) is 18.8. The van der Waals surface area contributed by atoms with Crippen molar-refractivity contribution >= 4 is 20.0 Å². The summed E-state index contributed by atoms with van der Waals surface area (Å²) in [5.41, 5.74) is 2.17. The maximum absolute atomic E-state index is 14.5. The number of amides is 1. The number of carbonyl (C=O) groups is 2. The van der Waals surface area contributed by atoms with Crippen molar-refractivity contribution in [3.8, 4) is 0 Å². The van der Waals surface area contributed by atoms with Gasteiger partial charge in [0.15, 0.2) is 0 Å². The van der Waals surface area contributed by atoms with E-state index in [1.54, 1.807) is 48.2 Å². The average molecular weight is 429 g/mol. The first-order valence-corrected chi connectivity index (χ1v) is 13.6. The van der Waals surface area contributed by atoms with E-state index in [9.17, 15) is 19.1 Å². The van der Waals surface area contributed by atoms with Crippen molar-refractivity contribution in [1.29, 1.82) is 0 Å². The first-order valence-electron chi connectivity index (χ1n) is 10.2. The van der Waals surface area contributed by atoms with Crippen LogP contribution >= 0.6 is 0 Å². The van der Waals surface area contributed by atoms with Crippen molar-refractivity contribution in [2.24, 2.45) is 0 Å². The number of hydrogen-bond acceptors (Lipinski definition) is 3. The number of carboxylic acid groups (broad SMARTS) is 1. The number of nitrogens with one attached hydrogen (secondary N) is 1. The number of hydrogen-bond donors (Lipinski definition) is 2.